The lowest BCUT2D eigenvalue weighted by Crippen LogP contribution is -2.46. The van der Waals surface area contributed by atoms with E-state index >= 15 is 0 Å². The number of hydrogen-bond donors (Lipinski definition) is 3. The van der Waals surface area contributed by atoms with E-state index in [1.165, 1.54) is 0 Å². The average molecular weight is 265 g/mol. The number of phenols is 1. The number of carbonyl (C=O) groups is 1. The van der Waals surface area contributed by atoms with E-state index in [4.69, 9.17) is 4.74 Å². The van der Waals surface area contributed by atoms with Crippen LogP contribution < -0.4 is 5.32 Å². The summed E-state index contributed by atoms with van der Waals surface area (Å²) in [5.74, 6) is -0.0149. The van der Waals surface area contributed by atoms with Crippen LogP contribution >= 0.6 is 0 Å². The summed E-state index contributed by atoms with van der Waals surface area (Å²) in [7, 11) is 0. The molecule has 1 heterocycles. The van der Waals surface area contributed by atoms with Crippen LogP contribution in [0.1, 0.15) is 18.4 Å². The van der Waals surface area contributed by atoms with E-state index in [9.17, 15) is 15.0 Å². The molecule has 0 saturated carbocycles. The first-order valence-electron chi connectivity index (χ1n) is 6.42. The first kappa shape index (κ1) is 13.8. The van der Waals surface area contributed by atoms with Gasteiger partial charge in [0.2, 0.25) is 5.91 Å². The summed E-state index contributed by atoms with van der Waals surface area (Å²) in [5, 5.41) is 22.2. The van der Waals surface area contributed by atoms with Crippen molar-refractivity contribution in [1.82, 2.24) is 5.32 Å². The third-order valence-electron chi connectivity index (χ3n) is 3.31. The molecule has 0 atom stereocenters. The smallest absolute Gasteiger partial charge is 0.224 e. The first-order chi connectivity index (χ1) is 9.07. The Hall–Kier alpha value is -1.59. The van der Waals surface area contributed by atoms with Gasteiger partial charge in [-0.3, -0.25) is 4.79 Å². The number of nitrogens with one attached hydrogen (secondary N) is 1. The third kappa shape index (κ3) is 4.22. The van der Waals surface area contributed by atoms with Crippen molar-refractivity contribution in [2.75, 3.05) is 19.8 Å². The second-order valence-electron chi connectivity index (χ2n) is 4.96. The van der Waals surface area contributed by atoms with Gasteiger partial charge in [0.25, 0.3) is 0 Å². The van der Waals surface area contributed by atoms with Gasteiger partial charge in [0.15, 0.2) is 0 Å². The zero-order chi connectivity index (χ0) is 13.7. The number of hydrogen-bond acceptors (Lipinski definition) is 4. The lowest BCUT2D eigenvalue weighted by molar-refractivity contribution is -0.123. The highest BCUT2D eigenvalue weighted by Crippen LogP contribution is 2.19. The number of benzene rings is 1. The molecule has 5 nitrogen and oxygen atoms in total. The minimum absolute atomic E-state index is 0.147. The monoisotopic (exact) mass is 265 g/mol. The van der Waals surface area contributed by atoms with Crippen molar-refractivity contribution in [3.05, 3.63) is 29.8 Å². The van der Waals surface area contributed by atoms with E-state index in [-0.39, 0.29) is 24.6 Å². The lowest BCUT2D eigenvalue weighted by atomic mass is 9.94. The Morgan fingerprint density at radius 1 is 1.37 bits per heavy atom. The average Bonchev–Trinajstić information content (AvgIpc) is 2.38. The Kier molecular flexibility index (Phi) is 4.39. The predicted octanol–water partition coefficient (Wildman–Crippen LogP) is 0.592. The van der Waals surface area contributed by atoms with Crippen molar-refractivity contribution in [2.45, 2.75) is 24.9 Å². The van der Waals surface area contributed by atoms with E-state index in [2.05, 4.69) is 5.32 Å². The number of aliphatic hydroxyl groups is 1. The fourth-order valence-electron chi connectivity index (χ4n) is 2.11. The topological polar surface area (TPSA) is 78.8 Å². The number of aromatic hydroxyl groups is 1. The molecule has 0 aromatic heterocycles. The van der Waals surface area contributed by atoms with E-state index in [0.717, 1.165) is 5.56 Å². The number of phenolic OH excluding ortho intramolecular Hbond substituents is 1. The molecule has 1 aromatic carbocycles. The second kappa shape index (κ2) is 6.04. The first-order valence-corrected chi connectivity index (χ1v) is 6.42. The maximum absolute atomic E-state index is 11.8. The standard InChI is InChI=1S/C14H19NO4/c16-12-3-1-2-11(8-12)9-13(17)15-10-14(18)4-6-19-7-5-14/h1-3,8,16,18H,4-7,9-10H2,(H,15,17). The molecule has 104 valence electrons. The van der Waals surface area contributed by atoms with Crippen LogP contribution in [0.2, 0.25) is 0 Å². The summed E-state index contributed by atoms with van der Waals surface area (Å²) in [4.78, 5) is 11.8. The van der Waals surface area contributed by atoms with Crippen molar-refractivity contribution in [1.29, 1.82) is 0 Å². The number of carbonyl (C=O) groups excluding carboxylic acids is 1. The van der Waals surface area contributed by atoms with Crippen molar-refractivity contribution in [3.8, 4) is 5.75 Å². The van der Waals surface area contributed by atoms with Gasteiger partial charge in [-0.05, 0) is 17.7 Å². The van der Waals surface area contributed by atoms with E-state index in [0.29, 0.717) is 26.1 Å². The molecule has 1 aliphatic heterocycles. The molecule has 1 saturated heterocycles. The zero-order valence-electron chi connectivity index (χ0n) is 10.8. The Bertz CT molecular complexity index is 441. The molecule has 1 aliphatic rings. The molecular weight excluding hydrogens is 246 g/mol. The molecule has 0 bridgehead atoms. The summed E-state index contributed by atoms with van der Waals surface area (Å²) in [6, 6.07) is 6.60. The molecule has 19 heavy (non-hydrogen) atoms. The fraction of sp³-hybridized carbons (Fsp3) is 0.500. The summed E-state index contributed by atoms with van der Waals surface area (Å²) in [5.41, 5.74) is -0.108. The Morgan fingerprint density at radius 3 is 2.79 bits per heavy atom. The van der Waals surface area contributed by atoms with E-state index in [1.807, 2.05) is 0 Å². The highest BCUT2D eigenvalue weighted by atomic mass is 16.5. The van der Waals surface area contributed by atoms with Gasteiger partial charge in [-0.1, -0.05) is 12.1 Å². The molecule has 1 amide bonds. The van der Waals surface area contributed by atoms with Gasteiger partial charge in [0.05, 0.1) is 12.0 Å². The van der Waals surface area contributed by atoms with Gasteiger partial charge in [-0.15, -0.1) is 0 Å². The molecule has 0 spiro atoms. The Morgan fingerprint density at radius 2 is 2.11 bits per heavy atom. The molecule has 3 N–H and O–H groups in total. The van der Waals surface area contributed by atoms with Crippen LogP contribution in [0.25, 0.3) is 0 Å². The van der Waals surface area contributed by atoms with Gasteiger partial charge >= 0.3 is 0 Å². The third-order valence-corrected chi connectivity index (χ3v) is 3.31. The molecule has 1 fully saturated rings. The highest BCUT2D eigenvalue weighted by Gasteiger charge is 2.29. The molecule has 5 heteroatoms. The summed E-state index contributed by atoms with van der Waals surface area (Å²) in [6.07, 6.45) is 1.28. The minimum Gasteiger partial charge on any atom is -0.508 e. The summed E-state index contributed by atoms with van der Waals surface area (Å²) >= 11 is 0. The van der Waals surface area contributed by atoms with Gasteiger partial charge in [-0.25, -0.2) is 0 Å². The largest absolute Gasteiger partial charge is 0.508 e. The summed E-state index contributed by atoms with van der Waals surface area (Å²) in [6.45, 7) is 1.30. The van der Waals surface area contributed by atoms with Crippen molar-refractivity contribution in [3.63, 3.8) is 0 Å². The van der Waals surface area contributed by atoms with E-state index in [1.54, 1.807) is 24.3 Å². The zero-order valence-corrected chi connectivity index (χ0v) is 10.8. The fourth-order valence-corrected chi connectivity index (χ4v) is 2.11. The van der Waals surface area contributed by atoms with Crippen LogP contribution in [0.5, 0.6) is 5.75 Å². The van der Waals surface area contributed by atoms with Crippen LogP contribution in [0.15, 0.2) is 24.3 Å². The number of amides is 1. The highest BCUT2D eigenvalue weighted by molar-refractivity contribution is 5.78. The van der Waals surface area contributed by atoms with Crippen LogP contribution in [0.3, 0.4) is 0 Å². The SMILES string of the molecule is O=C(Cc1cccc(O)c1)NCC1(O)CCOCC1. The number of ether oxygens (including phenoxy) is 1. The second-order valence-corrected chi connectivity index (χ2v) is 4.96. The van der Waals surface area contributed by atoms with Crippen LogP contribution in [0.4, 0.5) is 0 Å². The minimum atomic E-state index is -0.854. The van der Waals surface area contributed by atoms with Crippen LogP contribution in [0, 0.1) is 0 Å². The summed E-state index contributed by atoms with van der Waals surface area (Å²) < 4.78 is 5.18. The van der Waals surface area contributed by atoms with Crippen LogP contribution in [-0.2, 0) is 16.0 Å². The van der Waals surface area contributed by atoms with E-state index < -0.39 is 5.60 Å². The normalized spacial score (nSPS) is 17.9. The molecule has 0 radical (unpaired) electrons. The van der Waals surface area contributed by atoms with Crippen molar-refractivity contribution in [2.24, 2.45) is 0 Å². The maximum atomic E-state index is 11.8. The van der Waals surface area contributed by atoms with Crippen molar-refractivity contribution >= 4 is 5.91 Å². The predicted molar refractivity (Wildman–Crippen MR) is 69.8 cm³/mol. The molecule has 0 aliphatic carbocycles. The Balaban J connectivity index is 1.81. The molecule has 0 unspecified atom stereocenters. The molecular formula is C14H19NO4. The van der Waals surface area contributed by atoms with Gasteiger partial charge < -0.3 is 20.3 Å². The van der Waals surface area contributed by atoms with Gasteiger partial charge in [0, 0.05) is 32.6 Å². The molecule has 1 aromatic rings. The van der Waals surface area contributed by atoms with Gasteiger partial charge in [0.1, 0.15) is 5.75 Å². The number of rotatable bonds is 4. The van der Waals surface area contributed by atoms with Crippen LogP contribution in [-0.4, -0.2) is 41.5 Å². The quantitative estimate of drug-likeness (QED) is 0.744. The van der Waals surface area contributed by atoms with Crippen molar-refractivity contribution < 1.29 is 19.7 Å². The lowest BCUT2D eigenvalue weighted by Gasteiger charge is -2.32. The van der Waals surface area contributed by atoms with Gasteiger partial charge in [-0.2, -0.15) is 0 Å². The molecule has 2 rings (SSSR count). The maximum Gasteiger partial charge on any atom is 0.224 e. The Labute approximate surface area is 112 Å².